The Morgan fingerprint density at radius 3 is 2.74 bits per heavy atom. The molecule has 2 amide bonds. The van der Waals surface area contributed by atoms with E-state index in [4.69, 9.17) is 4.74 Å². The summed E-state index contributed by atoms with van der Waals surface area (Å²) in [7, 11) is 0. The summed E-state index contributed by atoms with van der Waals surface area (Å²) >= 11 is 3.34. The van der Waals surface area contributed by atoms with Gasteiger partial charge in [0.05, 0.1) is 12.1 Å². The van der Waals surface area contributed by atoms with Crippen molar-refractivity contribution in [1.29, 1.82) is 0 Å². The molecule has 0 N–H and O–H groups in total. The van der Waals surface area contributed by atoms with Crippen LogP contribution in [0.2, 0.25) is 0 Å². The number of hydrogen-bond donors (Lipinski definition) is 0. The summed E-state index contributed by atoms with van der Waals surface area (Å²) in [5.41, 5.74) is 0.587. The van der Waals surface area contributed by atoms with Gasteiger partial charge in [0.15, 0.2) is 0 Å². The molecule has 3 rings (SSSR count). The lowest BCUT2D eigenvalue weighted by atomic mass is 10.0. The monoisotopic (exact) mass is 381 g/mol. The van der Waals surface area contributed by atoms with E-state index in [1.54, 1.807) is 18.5 Å². The van der Waals surface area contributed by atoms with Gasteiger partial charge in [-0.25, -0.2) is 4.79 Å². The van der Waals surface area contributed by atoms with E-state index in [2.05, 4.69) is 20.9 Å². The van der Waals surface area contributed by atoms with Gasteiger partial charge in [-0.2, -0.15) is 0 Å². The second-order valence-corrected chi connectivity index (χ2v) is 6.90. The van der Waals surface area contributed by atoms with Gasteiger partial charge in [0.1, 0.15) is 6.10 Å². The number of halogens is 1. The molecular formula is C16H20BrN3O3. The molecular weight excluding hydrogens is 362 g/mol. The average Bonchev–Trinajstić information content (AvgIpc) is 2.95. The Kier molecular flexibility index (Phi) is 4.84. The number of amides is 2. The number of carbonyl (C=O) groups excluding carboxylic acids is 2. The van der Waals surface area contributed by atoms with E-state index >= 15 is 0 Å². The highest BCUT2D eigenvalue weighted by Crippen LogP contribution is 2.24. The Bertz CT molecular complexity index is 602. The molecule has 3 heterocycles. The quantitative estimate of drug-likeness (QED) is 0.807. The molecule has 1 atom stereocenters. The number of hydrogen-bond acceptors (Lipinski definition) is 4. The summed E-state index contributed by atoms with van der Waals surface area (Å²) in [5.74, 6) is -0.00677. The van der Waals surface area contributed by atoms with E-state index in [0.717, 1.165) is 23.7 Å². The van der Waals surface area contributed by atoms with Crippen LogP contribution in [0.15, 0.2) is 22.9 Å². The summed E-state index contributed by atoms with van der Waals surface area (Å²) in [5, 5.41) is 0. The molecule has 0 aromatic carbocycles. The van der Waals surface area contributed by atoms with Crippen LogP contribution in [0.25, 0.3) is 0 Å². The molecule has 0 saturated carbocycles. The molecule has 2 saturated heterocycles. The van der Waals surface area contributed by atoms with Gasteiger partial charge in [0.25, 0.3) is 5.91 Å². The minimum Gasteiger partial charge on any atom is -0.444 e. The molecule has 7 heteroatoms. The van der Waals surface area contributed by atoms with E-state index in [0.29, 0.717) is 25.2 Å². The second kappa shape index (κ2) is 6.86. The summed E-state index contributed by atoms with van der Waals surface area (Å²) in [6.07, 6.45) is 5.47. The molecule has 2 fully saturated rings. The van der Waals surface area contributed by atoms with Crippen molar-refractivity contribution in [2.75, 3.05) is 19.6 Å². The highest BCUT2D eigenvalue weighted by atomic mass is 79.9. The largest absolute Gasteiger partial charge is 0.444 e. The zero-order chi connectivity index (χ0) is 16.4. The Hall–Kier alpha value is -1.63. The Labute approximate surface area is 143 Å². The van der Waals surface area contributed by atoms with E-state index < -0.39 is 0 Å². The number of carbonyl (C=O) groups is 2. The van der Waals surface area contributed by atoms with Crippen molar-refractivity contribution in [3.63, 3.8) is 0 Å². The van der Waals surface area contributed by atoms with Gasteiger partial charge in [-0.05, 0) is 41.3 Å². The van der Waals surface area contributed by atoms with Gasteiger partial charge in [0.2, 0.25) is 0 Å². The molecule has 2 aliphatic rings. The van der Waals surface area contributed by atoms with Crippen molar-refractivity contribution in [1.82, 2.24) is 14.8 Å². The molecule has 0 spiro atoms. The lowest BCUT2D eigenvalue weighted by Crippen LogP contribution is -2.47. The van der Waals surface area contributed by atoms with Crippen LogP contribution in [0.5, 0.6) is 0 Å². The van der Waals surface area contributed by atoms with Crippen molar-refractivity contribution in [3.8, 4) is 0 Å². The Balaban J connectivity index is 1.58. The topological polar surface area (TPSA) is 62.7 Å². The van der Waals surface area contributed by atoms with Gasteiger partial charge >= 0.3 is 6.09 Å². The van der Waals surface area contributed by atoms with E-state index in [-0.39, 0.29) is 24.1 Å². The fourth-order valence-electron chi connectivity index (χ4n) is 3.14. The van der Waals surface area contributed by atoms with Crippen LogP contribution < -0.4 is 0 Å². The smallest absolute Gasteiger partial charge is 0.410 e. The summed E-state index contributed by atoms with van der Waals surface area (Å²) in [4.78, 5) is 32.1. The van der Waals surface area contributed by atoms with E-state index in [1.165, 1.54) is 0 Å². The van der Waals surface area contributed by atoms with Crippen molar-refractivity contribution >= 4 is 27.9 Å². The third-order valence-electron chi connectivity index (χ3n) is 4.50. The molecule has 2 aliphatic heterocycles. The molecule has 6 nitrogen and oxygen atoms in total. The molecule has 23 heavy (non-hydrogen) atoms. The number of nitrogens with zero attached hydrogens (tertiary/aromatic N) is 3. The Morgan fingerprint density at radius 1 is 1.39 bits per heavy atom. The van der Waals surface area contributed by atoms with Crippen molar-refractivity contribution in [3.05, 3.63) is 28.5 Å². The number of pyridine rings is 1. The van der Waals surface area contributed by atoms with E-state index in [9.17, 15) is 9.59 Å². The fourth-order valence-corrected chi connectivity index (χ4v) is 3.51. The summed E-state index contributed by atoms with van der Waals surface area (Å²) in [6, 6.07) is 1.95. The number of likely N-dealkylation sites (tertiary alicyclic amines) is 1. The van der Waals surface area contributed by atoms with Gasteiger partial charge < -0.3 is 14.5 Å². The first-order valence-electron chi connectivity index (χ1n) is 7.95. The molecule has 0 aliphatic carbocycles. The van der Waals surface area contributed by atoms with E-state index in [1.807, 2.05) is 16.7 Å². The van der Waals surface area contributed by atoms with Crippen molar-refractivity contribution in [2.24, 2.45) is 0 Å². The number of ether oxygens (including phenoxy) is 1. The van der Waals surface area contributed by atoms with Crippen LogP contribution in [0.4, 0.5) is 4.79 Å². The fraction of sp³-hybridized carbons (Fsp3) is 0.562. The third kappa shape index (κ3) is 3.49. The summed E-state index contributed by atoms with van der Waals surface area (Å²) < 4.78 is 6.12. The SMILES string of the molecule is CCC1CN(C2CCN(C(=O)c3cncc(Br)c3)CC2)C(=O)O1. The van der Waals surface area contributed by atoms with Crippen LogP contribution in [0, 0.1) is 0 Å². The highest BCUT2D eigenvalue weighted by Gasteiger charge is 2.37. The molecule has 124 valence electrons. The zero-order valence-corrected chi connectivity index (χ0v) is 14.7. The maximum atomic E-state index is 12.5. The average molecular weight is 382 g/mol. The standard InChI is InChI=1S/C16H20BrN3O3/c1-2-14-10-20(16(22)23-14)13-3-5-19(6-4-13)15(21)11-7-12(17)9-18-8-11/h7-9,13-14H,2-6,10H2,1H3. The van der Waals surface area contributed by atoms with Crippen LogP contribution >= 0.6 is 15.9 Å². The van der Waals surface area contributed by atoms with Gasteiger partial charge in [-0.15, -0.1) is 0 Å². The minimum atomic E-state index is -0.210. The first kappa shape index (κ1) is 16.2. The van der Waals surface area contributed by atoms with Crippen LogP contribution in [0.1, 0.15) is 36.5 Å². The minimum absolute atomic E-state index is 0.00677. The van der Waals surface area contributed by atoms with Gasteiger partial charge in [-0.1, -0.05) is 6.92 Å². The molecule has 0 radical (unpaired) electrons. The normalized spacial score (nSPS) is 22.3. The predicted octanol–water partition coefficient (Wildman–Crippen LogP) is 2.68. The summed E-state index contributed by atoms with van der Waals surface area (Å²) in [6.45, 7) is 3.99. The second-order valence-electron chi connectivity index (χ2n) is 5.98. The highest BCUT2D eigenvalue weighted by molar-refractivity contribution is 9.10. The van der Waals surface area contributed by atoms with Gasteiger partial charge in [0, 0.05) is 36.0 Å². The molecule has 0 bridgehead atoms. The van der Waals surface area contributed by atoms with Crippen molar-refractivity contribution in [2.45, 2.75) is 38.3 Å². The lowest BCUT2D eigenvalue weighted by molar-refractivity contribution is 0.0658. The van der Waals surface area contributed by atoms with Crippen LogP contribution in [-0.2, 0) is 4.74 Å². The zero-order valence-electron chi connectivity index (χ0n) is 13.1. The third-order valence-corrected chi connectivity index (χ3v) is 4.94. The number of rotatable bonds is 3. The number of piperidine rings is 1. The van der Waals surface area contributed by atoms with Gasteiger partial charge in [-0.3, -0.25) is 9.78 Å². The molecule has 1 aromatic heterocycles. The number of cyclic esters (lactones) is 1. The number of aromatic nitrogens is 1. The first-order valence-corrected chi connectivity index (χ1v) is 8.75. The maximum absolute atomic E-state index is 12.5. The molecule has 1 unspecified atom stereocenters. The molecule has 1 aromatic rings. The lowest BCUT2D eigenvalue weighted by Gasteiger charge is -2.35. The first-order chi connectivity index (χ1) is 11.1. The predicted molar refractivity (Wildman–Crippen MR) is 88.1 cm³/mol. The van der Waals surface area contributed by atoms with Crippen LogP contribution in [0.3, 0.4) is 0 Å². The Morgan fingerprint density at radius 2 is 2.13 bits per heavy atom. The van der Waals surface area contributed by atoms with Crippen molar-refractivity contribution < 1.29 is 14.3 Å². The van der Waals surface area contributed by atoms with Crippen LogP contribution in [-0.4, -0.2) is 58.6 Å². The maximum Gasteiger partial charge on any atom is 0.410 e.